The summed E-state index contributed by atoms with van der Waals surface area (Å²) in [5, 5.41) is 0. The van der Waals surface area contributed by atoms with E-state index in [9.17, 15) is 9.18 Å². The van der Waals surface area contributed by atoms with Crippen molar-refractivity contribution in [1.29, 1.82) is 0 Å². The lowest BCUT2D eigenvalue weighted by molar-refractivity contribution is 0.0545. The van der Waals surface area contributed by atoms with Crippen molar-refractivity contribution in [3.8, 4) is 17.0 Å². The maximum atomic E-state index is 14.2. The third-order valence-electron chi connectivity index (χ3n) is 3.96. The Morgan fingerprint density at radius 3 is 2.92 bits per heavy atom. The molecule has 1 aromatic carbocycles. The van der Waals surface area contributed by atoms with Gasteiger partial charge in [0.2, 0.25) is 0 Å². The summed E-state index contributed by atoms with van der Waals surface area (Å²) in [5.74, 6) is -0.291. The van der Waals surface area contributed by atoms with Crippen LogP contribution in [0.4, 0.5) is 4.39 Å². The SMILES string of the molecule is Cn1cnc(-c2ccc(O[C@@H]3CCN(I)C[C@@H]3F)c(C(N)=O)c2)c1. The smallest absolute Gasteiger partial charge is 0.252 e. The Labute approximate surface area is 153 Å². The van der Waals surface area contributed by atoms with Gasteiger partial charge in [0.1, 0.15) is 11.9 Å². The van der Waals surface area contributed by atoms with Crippen LogP contribution in [-0.2, 0) is 7.05 Å². The number of alkyl halides is 1. The summed E-state index contributed by atoms with van der Waals surface area (Å²) in [5.41, 5.74) is 7.21. The van der Waals surface area contributed by atoms with Gasteiger partial charge in [-0.05, 0) is 18.2 Å². The van der Waals surface area contributed by atoms with Crippen LogP contribution in [0.2, 0.25) is 0 Å². The van der Waals surface area contributed by atoms with Crippen molar-refractivity contribution >= 4 is 28.8 Å². The molecule has 24 heavy (non-hydrogen) atoms. The Bertz CT molecular complexity index is 751. The molecule has 2 N–H and O–H groups in total. The number of nitrogens with two attached hydrogens (primary N) is 1. The molecule has 1 fully saturated rings. The summed E-state index contributed by atoms with van der Waals surface area (Å²) < 4.78 is 23.6. The normalized spacial score (nSPS) is 21.6. The number of benzene rings is 1. The third kappa shape index (κ3) is 3.69. The molecule has 128 valence electrons. The molecule has 1 aromatic heterocycles. The van der Waals surface area contributed by atoms with Crippen molar-refractivity contribution in [2.45, 2.75) is 18.7 Å². The minimum Gasteiger partial charge on any atom is -0.486 e. The Morgan fingerprint density at radius 2 is 2.29 bits per heavy atom. The lowest BCUT2D eigenvalue weighted by Crippen LogP contribution is -2.43. The Morgan fingerprint density at radius 1 is 1.50 bits per heavy atom. The second-order valence-corrected chi connectivity index (χ2v) is 7.19. The molecule has 2 atom stereocenters. The molecule has 0 unspecified atom stereocenters. The predicted molar refractivity (Wildman–Crippen MR) is 96.7 cm³/mol. The number of carbonyl (C=O) groups excluding carboxylic acids is 1. The number of halogens is 2. The second-order valence-electron chi connectivity index (χ2n) is 5.83. The fourth-order valence-corrected chi connectivity index (χ4v) is 3.34. The van der Waals surface area contributed by atoms with Crippen LogP contribution in [0.1, 0.15) is 16.8 Å². The molecule has 1 aliphatic rings. The molecule has 1 saturated heterocycles. The van der Waals surface area contributed by atoms with Crippen LogP contribution < -0.4 is 10.5 Å². The highest BCUT2D eigenvalue weighted by molar-refractivity contribution is 14.1. The van der Waals surface area contributed by atoms with E-state index in [1.54, 1.807) is 24.5 Å². The van der Waals surface area contributed by atoms with Crippen molar-refractivity contribution in [1.82, 2.24) is 12.7 Å². The number of hydrogen-bond donors (Lipinski definition) is 1. The fourth-order valence-electron chi connectivity index (χ4n) is 2.69. The fraction of sp³-hybridized carbons (Fsp3) is 0.375. The summed E-state index contributed by atoms with van der Waals surface area (Å²) in [7, 11) is 1.86. The molecule has 2 heterocycles. The predicted octanol–water partition coefficient (Wildman–Crippen LogP) is 2.33. The zero-order valence-electron chi connectivity index (χ0n) is 13.2. The molecule has 0 aliphatic carbocycles. The highest BCUT2D eigenvalue weighted by Crippen LogP contribution is 2.29. The van der Waals surface area contributed by atoms with E-state index in [-0.39, 0.29) is 5.56 Å². The van der Waals surface area contributed by atoms with Crippen LogP contribution in [0.15, 0.2) is 30.7 Å². The minimum absolute atomic E-state index is 0.238. The standard InChI is InChI=1S/C16H18FIN4O2/c1-21-8-13(20-9-21)10-2-3-14(11(6-10)16(19)23)24-15-4-5-22(18)7-12(15)17/h2-3,6,8-9,12,15H,4-5,7H2,1H3,(H2,19,23)/t12-,15+/m0/s1. The maximum absolute atomic E-state index is 14.2. The molecule has 6 nitrogen and oxygen atoms in total. The van der Waals surface area contributed by atoms with Crippen molar-refractivity contribution in [3.05, 3.63) is 36.3 Å². The first-order valence-electron chi connectivity index (χ1n) is 7.57. The van der Waals surface area contributed by atoms with Crippen LogP contribution in [-0.4, -0.2) is 43.9 Å². The first kappa shape index (κ1) is 17.2. The monoisotopic (exact) mass is 444 g/mol. The number of aryl methyl sites for hydroxylation is 1. The first-order valence-corrected chi connectivity index (χ1v) is 8.54. The van der Waals surface area contributed by atoms with Crippen LogP contribution in [0.3, 0.4) is 0 Å². The van der Waals surface area contributed by atoms with E-state index in [1.165, 1.54) is 0 Å². The lowest BCUT2D eigenvalue weighted by Gasteiger charge is -2.31. The molecule has 0 radical (unpaired) electrons. The number of carbonyl (C=O) groups is 1. The van der Waals surface area contributed by atoms with Gasteiger partial charge in [0.15, 0.2) is 6.17 Å². The van der Waals surface area contributed by atoms with Gasteiger partial charge in [0.25, 0.3) is 5.91 Å². The molecule has 2 aromatic rings. The number of piperidine rings is 1. The molecular weight excluding hydrogens is 426 g/mol. The molecule has 1 aliphatic heterocycles. The van der Waals surface area contributed by atoms with Crippen LogP contribution in [0.5, 0.6) is 5.75 Å². The van der Waals surface area contributed by atoms with Gasteiger partial charge in [-0.25, -0.2) is 12.5 Å². The van der Waals surface area contributed by atoms with E-state index >= 15 is 0 Å². The van der Waals surface area contributed by atoms with E-state index in [2.05, 4.69) is 27.8 Å². The number of aromatic nitrogens is 2. The number of hydrogen-bond acceptors (Lipinski definition) is 4. The van der Waals surface area contributed by atoms with Crippen molar-refractivity contribution in [3.63, 3.8) is 0 Å². The number of amides is 1. The van der Waals surface area contributed by atoms with Gasteiger partial charge >= 0.3 is 0 Å². The second kappa shape index (κ2) is 7.06. The molecule has 3 rings (SSSR count). The van der Waals surface area contributed by atoms with Gasteiger partial charge in [0, 0.05) is 61.2 Å². The molecular formula is C16H18FIN4O2. The summed E-state index contributed by atoms with van der Waals surface area (Å²) >= 11 is 2.10. The van der Waals surface area contributed by atoms with Crippen molar-refractivity contribution < 1.29 is 13.9 Å². The van der Waals surface area contributed by atoms with Crippen molar-refractivity contribution in [2.24, 2.45) is 12.8 Å². The number of imidazole rings is 1. The zero-order valence-corrected chi connectivity index (χ0v) is 15.3. The highest BCUT2D eigenvalue weighted by atomic mass is 127. The van der Waals surface area contributed by atoms with Crippen LogP contribution in [0, 0.1) is 0 Å². The molecule has 1 amide bonds. The van der Waals surface area contributed by atoms with Gasteiger partial charge in [-0.1, -0.05) is 0 Å². The minimum atomic E-state index is -1.10. The highest BCUT2D eigenvalue weighted by Gasteiger charge is 2.30. The largest absolute Gasteiger partial charge is 0.486 e. The molecule has 0 bridgehead atoms. The Hall–Kier alpha value is -1.68. The number of primary amides is 1. The quantitative estimate of drug-likeness (QED) is 0.581. The van der Waals surface area contributed by atoms with Crippen molar-refractivity contribution in [2.75, 3.05) is 13.1 Å². The molecule has 0 saturated carbocycles. The average molecular weight is 444 g/mol. The van der Waals surface area contributed by atoms with Gasteiger partial charge in [-0.15, -0.1) is 0 Å². The summed E-state index contributed by atoms with van der Waals surface area (Å²) in [6.07, 6.45) is 2.40. The summed E-state index contributed by atoms with van der Waals surface area (Å²) in [6.45, 7) is 1.05. The summed E-state index contributed by atoms with van der Waals surface area (Å²) in [4.78, 5) is 16.1. The van der Waals surface area contributed by atoms with Gasteiger partial charge in [0.05, 0.1) is 17.6 Å². The first-order chi connectivity index (χ1) is 11.4. The van der Waals surface area contributed by atoms with E-state index in [1.807, 2.05) is 20.9 Å². The van der Waals surface area contributed by atoms with E-state index in [0.717, 1.165) is 17.8 Å². The Kier molecular flexibility index (Phi) is 5.04. The van der Waals surface area contributed by atoms with E-state index in [0.29, 0.717) is 18.7 Å². The molecule has 8 heteroatoms. The van der Waals surface area contributed by atoms with E-state index < -0.39 is 18.2 Å². The van der Waals surface area contributed by atoms with Crippen LogP contribution in [0.25, 0.3) is 11.3 Å². The van der Waals surface area contributed by atoms with Crippen LogP contribution >= 0.6 is 22.9 Å². The average Bonchev–Trinajstić information content (AvgIpc) is 2.96. The van der Waals surface area contributed by atoms with E-state index in [4.69, 9.17) is 10.5 Å². The number of rotatable bonds is 4. The third-order valence-corrected chi connectivity index (χ3v) is 4.83. The Balaban J connectivity index is 1.86. The van der Waals surface area contributed by atoms with Gasteiger partial charge < -0.3 is 15.0 Å². The topological polar surface area (TPSA) is 73.4 Å². The zero-order chi connectivity index (χ0) is 17.3. The lowest BCUT2D eigenvalue weighted by atomic mass is 10.1. The molecule has 0 spiro atoms. The number of nitrogens with zero attached hydrogens (tertiary/aromatic N) is 3. The maximum Gasteiger partial charge on any atom is 0.252 e. The number of ether oxygens (including phenoxy) is 1. The van der Waals surface area contributed by atoms with Gasteiger partial charge in [-0.3, -0.25) is 4.79 Å². The summed E-state index contributed by atoms with van der Waals surface area (Å²) in [6, 6.07) is 5.10. The van der Waals surface area contributed by atoms with Gasteiger partial charge in [-0.2, -0.15) is 0 Å².